The Morgan fingerprint density at radius 3 is 2.59 bits per heavy atom. The zero-order valence-electron chi connectivity index (χ0n) is 14.1. The molecule has 0 atom stereocenters. The fraction of sp³-hybridized carbons (Fsp3) is 0.667. The lowest BCUT2D eigenvalue weighted by Gasteiger charge is -2.27. The van der Waals surface area contributed by atoms with Crippen LogP contribution in [-0.4, -0.2) is 44.7 Å². The van der Waals surface area contributed by atoms with E-state index in [0.717, 1.165) is 30.3 Å². The minimum Gasteiger partial charge on any atom is -0.496 e. The van der Waals surface area contributed by atoms with Crippen molar-refractivity contribution in [1.82, 2.24) is 10.2 Å². The maximum Gasteiger partial charge on any atom is 0.125 e. The number of halogens is 1. The van der Waals surface area contributed by atoms with Crippen molar-refractivity contribution in [2.45, 2.75) is 39.0 Å². The summed E-state index contributed by atoms with van der Waals surface area (Å²) in [4.78, 5) is 2.55. The summed E-state index contributed by atoms with van der Waals surface area (Å²) in [5.41, 5.74) is 2.46. The van der Waals surface area contributed by atoms with Gasteiger partial charge in [-0.2, -0.15) is 0 Å². The van der Waals surface area contributed by atoms with Crippen LogP contribution in [0.25, 0.3) is 0 Å². The Bertz CT molecular complexity index is 470. The fourth-order valence-electron chi connectivity index (χ4n) is 3.12. The highest BCUT2D eigenvalue weighted by atomic mass is 35.5. The van der Waals surface area contributed by atoms with Crippen LogP contribution in [0.1, 0.15) is 43.7 Å². The molecule has 0 amide bonds. The van der Waals surface area contributed by atoms with Gasteiger partial charge in [-0.1, -0.05) is 25.4 Å². The molecule has 0 aromatic heterocycles. The Hall–Kier alpha value is -0.770. The first kappa shape index (κ1) is 17.6. The van der Waals surface area contributed by atoms with Gasteiger partial charge in [-0.15, -0.1) is 0 Å². The second kappa shape index (κ2) is 8.76. The first-order valence-electron chi connectivity index (χ1n) is 8.41. The van der Waals surface area contributed by atoms with E-state index < -0.39 is 0 Å². The highest BCUT2D eigenvalue weighted by Gasteiger charge is 2.14. The molecule has 0 radical (unpaired) electrons. The minimum atomic E-state index is 0.424. The Labute approximate surface area is 140 Å². The van der Waals surface area contributed by atoms with Gasteiger partial charge in [-0.05, 0) is 55.0 Å². The quantitative estimate of drug-likeness (QED) is 0.774. The van der Waals surface area contributed by atoms with Gasteiger partial charge in [0.1, 0.15) is 5.75 Å². The van der Waals surface area contributed by atoms with Crippen LogP contribution in [0.15, 0.2) is 12.1 Å². The van der Waals surface area contributed by atoms with Gasteiger partial charge in [0.2, 0.25) is 0 Å². The second-order valence-electron chi connectivity index (χ2n) is 6.39. The van der Waals surface area contributed by atoms with Crippen molar-refractivity contribution in [2.75, 3.05) is 39.8 Å². The van der Waals surface area contributed by atoms with Gasteiger partial charge in [0.25, 0.3) is 0 Å². The van der Waals surface area contributed by atoms with Gasteiger partial charge in [0.05, 0.1) is 7.11 Å². The standard InChI is InChI=1S/C18H29ClN2O/c1-14(2)17-13-16(19)12-15(18(17)22-3)6-4-5-9-21-10-7-20-8-11-21/h12-14,20H,4-11H2,1-3H3. The van der Waals surface area contributed by atoms with Crippen molar-refractivity contribution in [1.29, 1.82) is 0 Å². The van der Waals surface area contributed by atoms with E-state index in [2.05, 4.69) is 30.1 Å². The summed E-state index contributed by atoms with van der Waals surface area (Å²) in [6.07, 6.45) is 3.44. The first-order chi connectivity index (χ1) is 10.6. The molecule has 0 bridgehead atoms. The lowest BCUT2D eigenvalue weighted by atomic mass is 9.96. The highest BCUT2D eigenvalue weighted by molar-refractivity contribution is 6.30. The Morgan fingerprint density at radius 2 is 1.95 bits per heavy atom. The van der Waals surface area contributed by atoms with Crippen LogP contribution in [0.5, 0.6) is 5.75 Å². The van der Waals surface area contributed by atoms with E-state index in [-0.39, 0.29) is 0 Å². The molecular weight excluding hydrogens is 296 g/mol. The predicted octanol–water partition coefficient (Wildman–Crippen LogP) is 3.70. The van der Waals surface area contributed by atoms with Gasteiger partial charge in [-0.3, -0.25) is 0 Å². The number of unbranched alkanes of at least 4 members (excludes halogenated alkanes) is 1. The maximum absolute atomic E-state index is 6.29. The number of rotatable bonds is 7. The number of nitrogens with one attached hydrogen (secondary N) is 1. The zero-order valence-corrected chi connectivity index (χ0v) is 14.9. The number of nitrogens with zero attached hydrogens (tertiary/aromatic N) is 1. The lowest BCUT2D eigenvalue weighted by Crippen LogP contribution is -2.43. The molecule has 1 aliphatic rings. The Morgan fingerprint density at radius 1 is 1.23 bits per heavy atom. The third-order valence-electron chi connectivity index (χ3n) is 4.37. The molecule has 0 aliphatic carbocycles. The van der Waals surface area contributed by atoms with Crippen LogP contribution in [0.3, 0.4) is 0 Å². The van der Waals surface area contributed by atoms with Gasteiger partial charge < -0.3 is 15.0 Å². The molecule has 4 heteroatoms. The van der Waals surface area contributed by atoms with E-state index in [9.17, 15) is 0 Å². The van der Waals surface area contributed by atoms with E-state index >= 15 is 0 Å². The second-order valence-corrected chi connectivity index (χ2v) is 6.83. The average Bonchev–Trinajstić information content (AvgIpc) is 2.52. The third-order valence-corrected chi connectivity index (χ3v) is 4.58. The van der Waals surface area contributed by atoms with E-state index in [1.54, 1.807) is 7.11 Å². The van der Waals surface area contributed by atoms with Crippen molar-refractivity contribution in [3.63, 3.8) is 0 Å². The highest BCUT2D eigenvalue weighted by Crippen LogP contribution is 2.34. The zero-order chi connectivity index (χ0) is 15.9. The smallest absolute Gasteiger partial charge is 0.125 e. The molecule has 3 nitrogen and oxygen atoms in total. The van der Waals surface area contributed by atoms with Crippen molar-refractivity contribution in [2.24, 2.45) is 0 Å². The summed E-state index contributed by atoms with van der Waals surface area (Å²) in [6, 6.07) is 4.10. The molecule has 1 aromatic carbocycles. The number of ether oxygens (including phenoxy) is 1. The van der Waals surface area contributed by atoms with Crippen LogP contribution < -0.4 is 10.1 Å². The molecule has 1 heterocycles. The number of hydrogen-bond acceptors (Lipinski definition) is 3. The van der Waals surface area contributed by atoms with Gasteiger partial charge in [-0.25, -0.2) is 0 Å². The Balaban J connectivity index is 1.91. The first-order valence-corrected chi connectivity index (χ1v) is 8.79. The minimum absolute atomic E-state index is 0.424. The number of hydrogen-bond donors (Lipinski definition) is 1. The summed E-state index contributed by atoms with van der Waals surface area (Å²) in [5, 5.41) is 4.22. The predicted molar refractivity (Wildman–Crippen MR) is 94.3 cm³/mol. The Kier molecular flexibility index (Phi) is 7.00. The van der Waals surface area contributed by atoms with Crippen LogP contribution in [0.2, 0.25) is 5.02 Å². The van der Waals surface area contributed by atoms with Gasteiger partial charge in [0, 0.05) is 31.2 Å². The summed E-state index contributed by atoms with van der Waals surface area (Å²) < 4.78 is 5.66. The summed E-state index contributed by atoms with van der Waals surface area (Å²) in [7, 11) is 1.76. The summed E-state index contributed by atoms with van der Waals surface area (Å²) in [6.45, 7) is 10.2. The molecule has 22 heavy (non-hydrogen) atoms. The average molecular weight is 325 g/mol. The van der Waals surface area contributed by atoms with Crippen LogP contribution in [-0.2, 0) is 6.42 Å². The molecule has 124 valence electrons. The molecule has 0 saturated carbocycles. The maximum atomic E-state index is 6.29. The molecule has 0 unspecified atom stereocenters. The van der Waals surface area contributed by atoms with E-state index in [4.69, 9.17) is 16.3 Å². The molecule has 2 rings (SSSR count). The number of benzene rings is 1. The van der Waals surface area contributed by atoms with Crippen molar-refractivity contribution in [3.8, 4) is 5.75 Å². The van der Waals surface area contributed by atoms with Gasteiger partial charge in [0.15, 0.2) is 0 Å². The molecule has 0 spiro atoms. The van der Waals surface area contributed by atoms with E-state index in [1.807, 2.05) is 6.07 Å². The van der Waals surface area contributed by atoms with Crippen LogP contribution in [0, 0.1) is 0 Å². The topological polar surface area (TPSA) is 24.5 Å². The molecule has 1 saturated heterocycles. The van der Waals surface area contributed by atoms with Gasteiger partial charge >= 0.3 is 0 Å². The summed E-state index contributed by atoms with van der Waals surface area (Å²) >= 11 is 6.29. The van der Waals surface area contributed by atoms with Crippen LogP contribution in [0.4, 0.5) is 0 Å². The van der Waals surface area contributed by atoms with E-state index in [1.165, 1.54) is 43.6 Å². The molecule has 1 N–H and O–H groups in total. The van der Waals surface area contributed by atoms with Crippen LogP contribution >= 0.6 is 11.6 Å². The molecule has 1 aliphatic heterocycles. The molecule has 1 fully saturated rings. The summed E-state index contributed by atoms with van der Waals surface area (Å²) in [5.74, 6) is 1.45. The van der Waals surface area contributed by atoms with Crippen molar-refractivity contribution in [3.05, 3.63) is 28.3 Å². The monoisotopic (exact) mass is 324 g/mol. The van der Waals surface area contributed by atoms with Crippen molar-refractivity contribution >= 4 is 11.6 Å². The molecular formula is C18H29ClN2O. The molecule has 1 aromatic rings. The van der Waals surface area contributed by atoms with E-state index in [0.29, 0.717) is 5.92 Å². The van der Waals surface area contributed by atoms with Crippen molar-refractivity contribution < 1.29 is 4.74 Å². The number of methoxy groups -OCH3 is 1. The third kappa shape index (κ3) is 4.87. The largest absolute Gasteiger partial charge is 0.496 e. The number of aryl methyl sites for hydroxylation is 1. The fourth-order valence-corrected chi connectivity index (χ4v) is 3.37. The normalized spacial score (nSPS) is 16.2. The number of piperazine rings is 1. The SMILES string of the molecule is COc1c(CCCCN2CCNCC2)cc(Cl)cc1C(C)C. The lowest BCUT2D eigenvalue weighted by molar-refractivity contribution is 0.236.